The van der Waals surface area contributed by atoms with Gasteiger partial charge in [-0.25, -0.2) is 0 Å². The molecule has 4 heteroatoms. The van der Waals surface area contributed by atoms with E-state index in [0.29, 0.717) is 5.92 Å². The molecule has 2 N–H and O–H groups in total. The summed E-state index contributed by atoms with van der Waals surface area (Å²) in [6, 6.07) is 5.94. The molecular formula is C15H26N2O2. The Hall–Kier alpha value is -1.26. The van der Waals surface area contributed by atoms with Gasteiger partial charge in [-0.15, -0.1) is 0 Å². The molecule has 4 nitrogen and oxygen atoms in total. The molecule has 1 atom stereocenters. The van der Waals surface area contributed by atoms with Gasteiger partial charge in [-0.2, -0.15) is 0 Å². The minimum Gasteiger partial charge on any atom is -0.497 e. The predicted octanol–water partition coefficient (Wildman–Crippen LogP) is 2.12. The summed E-state index contributed by atoms with van der Waals surface area (Å²) in [4.78, 5) is 2.29. The lowest BCUT2D eigenvalue weighted by molar-refractivity contribution is 0.293. The molecule has 1 rings (SSSR count). The van der Waals surface area contributed by atoms with Gasteiger partial charge < -0.3 is 20.1 Å². The molecule has 0 fully saturated rings. The standard InChI is InChI=1S/C15H26N2O2/c1-12(10-16)7-8-17(2)11-13-5-6-14(18-3)9-15(13)19-4/h5-6,9,12H,7-8,10-11,16H2,1-4H3. The van der Waals surface area contributed by atoms with Gasteiger partial charge in [0.2, 0.25) is 0 Å². The quantitative estimate of drug-likeness (QED) is 0.783. The molecule has 0 saturated carbocycles. The van der Waals surface area contributed by atoms with Gasteiger partial charge in [0.05, 0.1) is 14.2 Å². The first-order valence-corrected chi connectivity index (χ1v) is 6.70. The van der Waals surface area contributed by atoms with Crippen molar-refractivity contribution in [1.29, 1.82) is 0 Å². The summed E-state index contributed by atoms with van der Waals surface area (Å²) < 4.78 is 10.6. The van der Waals surface area contributed by atoms with Gasteiger partial charge in [0.15, 0.2) is 0 Å². The van der Waals surface area contributed by atoms with Gasteiger partial charge in [0.1, 0.15) is 11.5 Å². The van der Waals surface area contributed by atoms with Crippen molar-refractivity contribution in [3.8, 4) is 11.5 Å². The monoisotopic (exact) mass is 266 g/mol. The molecule has 0 radical (unpaired) electrons. The fourth-order valence-corrected chi connectivity index (χ4v) is 1.91. The topological polar surface area (TPSA) is 47.7 Å². The first-order chi connectivity index (χ1) is 9.10. The van der Waals surface area contributed by atoms with E-state index in [2.05, 4.69) is 24.9 Å². The summed E-state index contributed by atoms with van der Waals surface area (Å²) in [5.74, 6) is 2.26. The van der Waals surface area contributed by atoms with Crippen LogP contribution in [0, 0.1) is 5.92 Å². The molecule has 1 aromatic carbocycles. The summed E-state index contributed by atoms with van der Waals surface area (Å²) in [5.41, 5.74) is 6.81. The van der Waals surface area contributed by atoms with Crippen LogP contribution in [0.25, 0.3) is 0 Å². The number of benzene rings is 1. The van der Waals surface area contributed by atoms with E-state index in [0.717, 1.165) is 37.6 Å². The average Bonchev–Trinajstić information content (AvgIpc) is 2.45. The maximum atomic E-state index is 5.64. The zero-order valence-electron chi connectivity index (χ0n) is 12.5. The van der Waals surface area contributed by atoms with E-state index in [1.54, 1.807) is 14.2 Å². The second-order valence-corrected chi connectivity index (χ2v) is 5.05. The Labute approximate surface area is 116 Å². The number of hydrogen-bond acceptors (Lipinski definition) is 4. The highest BCUT2D eigenvalue weighted by Gasteiger charge is 2.09. The van der Waals surface area contributed by atoms with Gasteiger partial charge in [-0.1, -0.05) is 13.0 Å². The summed E-state index contributed by atoms with van der Waals surface area (Å²) in [5, 5.41) is 0. The van der Waals surface area contributed by atoms with Crippen molar-refractivity contribution in [2.75, 3.05) is 34.4 Å². The molecule has 0 aromatic heterocycles. The molecule has 1 unspecified atom stereocenters. The van der Waals surface area contributed by atoms with Crippen molar-refractivity contribution in [3.63, 3.8) is 0 Å². The summed E-state index contributed by atoms with van der Waals surface area (Å²) in [6.07, 6.45) is 1.12. The minimum atomic E-state index is 0.570. The maximum absolute atomic E-state index is 5.64. The van der Waals surface area contributed by atoms with Gasteiger partial charge >= 0.3 is 0 Å². The second-order valence-electron chi connectivity index (χ2n) is 5.05. The molecular weight excluding hydrogens is 240 g/mol. The third-order valence-corrected chi connectivity index (χ3v) is 3.34. The second kappa shape index (κ2) is 8.02. The van der Waals surface area contributed by atoms with Crippen LogP contribution in [0.1, 0.15) is 18.9 Å². The Balaban J connectivity index is 2.60. The van der Waals surface area contributed by atoms with Gasteiger partial charge in [-0.05, 0) is 38.5 Å². The lowest BCUT2D eigenvalue weighted by Crippen LogP contribution is -2.23. The van der Waals surface area contributed by atoms with E-state index in [1.165, 1.54) is 5.56 Å². The Bertz CT molecular complexity index is 382. The van der Waals surface area contributed by atoms with Gasteiger partial charge in [0, 0.05) is 18.2 Å². The molecule has 19 heavy (non-hydrogen) atoms. The first kappa shape index (κ1) is 15.8. The SMILES string of the molecule is COc1ccc(CN(C)CCC(C)CN)c(OC)c1. The largest absolute Gasteiger partial charge is 0.497 e. The highest BCUT2D eigenvalue weighted by atomic mass is 16.5. The minimum absolute atomic E-state index is 0.570. The van der Waals surface area contributed by atoms with Crippen molar-refractivity contribution in [1.82, 2.24) is 4.90 Å². The molecule has 0 amide bonds. The normalized spacial score (nSPS) is 12.5. The fourth-order valence-electron chi connectivity index (χ4n) is 1.91. The number of methoxy groups -OCH3 is 2. The Morgan fingerprint density at radius 3 is 2.58 bits per heavy atom. The van der Waals surface area contributed by atoms with Crippen LogP contribution >= 0.6 is 0 Å². The van der Waals surface area contributed by atoms with Crippen molar-refractivity contribution >= 4 is 0 Å². The molecule has 0 bridgehead atoms. The maximum Gasteiger partial charge on any atom is 0.127 e. The molecule has 0 saturated heterocycles. The van der Waals surface area contributed by atoms with Gasteiger partial charge in [0.25, 0.3) is 0 Å². The zero-order valence-corrected chi connectivity index (χ0v) is 12.5. The van der Waals surface area contributed by atoms with Crippen molar-refractivity contribution in [2.45, 2.75) is 19.9 Å². The van der Waals surface area contributed by atoms with Crippen LogP contribution in [0.2, 0.25) is 0 Å². The Morgan fingerprint density at radius 2 is 2.00 bits per heavy atom. The molecule has 0 aliphatic carbocycles. The molecule has 0 heterocycles. The number of hydrogen-bond donors (Lipinski definition) is 1. The van der Waals surface area contributed by atoms with E-state index < -0.39 is 0 Å². The van der Waals surface area contributed by atoms with Crippen molar-refractivity contribution in [3.05, 3.63) is 23.8 Å². The van der Waals surface area contributed by atoms with E-state index in [1.807, 2.05) is 12.1 Å². The summed E-state index contributed by atoms with van der Waals surface area (Å²) in [6.45, 7) is 4.83. The molecule has 0 spiro atoms. The molecule has 108 valence electrons. The molecule has 1 aromatic rings. The summed E-state index contributed by atoms with van der Waals surface area (Å²) >= 11 is 0. The molecule has 0 aliphatic rings. The zero-order chi connectivity index (χ0) is 14.3. The van der Waals surface area contributed by atoms with Crippen LogP contribution in [0.5, 0.6) is 11.5 Å². The number of nitrogens with two attached hydrogens (primary N) is 1. The van der Waals surface area contributed by atoms with E-state index in [9.17, 15) is 0 Å². The van der Waals surface area contributed by atoms with Crippen molar-refractivity contribution < 1.29 is 9.47 Å². The Kier molecular flexibility index (Phi) is 6.67. The van der Waals surface area contributed by atoms with E-state index >= 15 is 0 Å². The Morgan fingerprint density at radius 1 is 1.26 bits per heavy atom. The van der Waals surface area contributed by atoms with E-state index in [-0.39, 0.29) is 0 Å². The number of rotatable bonds is 8. The van der Waals surface area contributed by atoms with Crippen LogP contribution in [0.15, 0.2) is 18.2 Å². The first-order valence-electron chi connectivity index (χ1n) is 6.70. The number of nitrogens with zero attached hydrogens (tertiary/aromatic N) is 1. The smallest absolute Gasteiger partial charge is 0.127 e. The predicted molar refractivity (Wildman–Crippen MR) is 78.7 cm³/mol. The van der Waals surface area contributed by atoms with Crippen LogP contribution < -0.4 is 15.2 Å². The third kappa shape index (κ3) is 5.09. The van der Waals surface area contributed by atoms with Crippen LogP contribution in [-0.2, 0) is 6.54 Å². The van der Waals surface area contributed by atoms with Crippen LogP contribution in [-0.4, -0.2) is 39.3 Å². The van der Waals surface area contributed by atoms with Gasteiger partial charge in [-0.3, -0.25) is 0 Å². The highest BCUT2D eigenvalue weighted by Crippen LogP contribution is 2.25. The molecule has 0 aliphatic heterocycles. The fraction of sp³-hybridized carbons (Fsp3) is 0.600. The van der Waals surface area contributed by atoms with Crippen molar-refractivity contribution in [2.24, 2.45) is 11.7 Å². The average molecular weight is 266 g/mol. The lowest BCUT2D eigenvalue weighted by Gasteiger charge is -2.20. The van der Waals surface area contributed by atoms with Crippen LogP contribution in [0.3, 0.4) is 0 Å². The van der Waals surface area contributed by atoms with Crippen LogP contribution in [0.4, 0.5) is 0 Å². The third-order valence-electron chi connectivity index (χ3n) is 3.34. The highest BCUT2D eigenvalue weighted by molar-refractivity contribution is 5.40. The summed E-state index contributed by atoms with van der Waals surface area (Å²) in [7, 11) is 5.47. The van der Waals surface area contributed by atoms with E-state index in [4.69, 9.17) is 15.2 Å². The lowest BCUT2D eigenvalue weighted by atomic mass is 10.1. The number of ether oxygens (including phenoxy) is 2.